The van der Waals surface area contributed by atoms with E-state index in [9.17, 15) is 4.79 Å². The van der Waals surface area contributed by atoms with Crippen LogP contribution in [0, 0.1) is 18.3 Å². The largest absolute Gasteiger partial charge is 0.484 e. The number of carbonyl (C=O) groups excluding carboxylic acids is 1. The lowest BCUT2D eigenvalue weighted by Crippen LogP contribution is -2.30. The second-order valence-corrected chi connectivity index (χ2v) is 4.95. The molecule has 0 radical (unpaired) electrons. The topological polar surface area (TPSA) is 62.1 Å². The molecule has 4 heteroatoms. The summed E-state index contributed by atoms with van der Waals surface area (Å²) in [6.45, 7) is 2.62. The van der Waals surface area contributed by atoms with E-state index in [2.05, 4.69) is 24.4 Å². The molecule has 112 valence electrons. The molecule has 2 aromatic carbocycles. The van der Waals surface area contributed by atoms with E-state index in [0.29, 0.717) is 17.9 Å². The maximum Gasteiger partial charge on any atom is 0.257 e. The Kier molecular flexibility index (Phi) is 5.56. The number of nitrogens with one attached hydrogen (secondary N) is 1. The Morgan fingerprint density at radius 2 is 1.91 bits per heavy atom. The number of hydrogen-bond donors (Lipinski definition) is 1. The molecule has 0 unspecified atom stereocenters. The molecule has 0 aliphatic rings. The average Bonchev–Trinajstić information content (AvgIpc) is 2.55. The molecule has 2 rings (SSSR count). The molecule has 0 fully saturated rings. The van der Waals surface area contributed by atoms with E-state index >= 15 is 0 Å². The molecular weight excluding hydrogens is 276 g/mol. The summed E-state index contributed by atoms with van der Waals surface area (Å²) in [5.41, 5.74) is 3.02. The first kappa shape index (κ1) is 15.6. The van der Waals surface area contributed by atoms with E-state index in [-0.39, 0.29) is 12.5 Å². The van der Waals surface area contributed by atoms with Gasteiger partial charge in [0.2, 0.25) is 0 Å². The molecule has 0 aliphatic heterocycles. The first-order chi connectivity index (χ1) is 10.7. The highest BCUT2D eigenvalue weighted by Gasteiger charge is 2.03. The summed E-state index contributed by atoms with van der Waals surface area (Å²) < 4.78 is 5.37. The maximum atomic E-state index is 11.7. The van der Waals surface area contributed by atoms with Crippen molar-refractivity contribution in [2.75, 3.05) is 13.2 Å². The molecule has 0 saturated heterocycles. The molecule has 2 aromatic rings. The summed E-state index contributed by atoms with van der Waals surface area (Å²) in [4.78, 5) is 11.7. The molecule has 0 aliphatic carbocycles. The Labute approximate surface area is 130 Å². The smallest absolute Gasteiger partial charge is 0.257 e. The Morgan fingerprint density at radius 3 is 2.59 bits per heavy atom. The quantitative estimate of drug-likeness (QED) is 0.890. The fourth-order valence-electron chi connectivity index (χ4n) is 2.05. The minimum Gasteiger partial charge on any atom is -0.484 e. The summed E-state index contributed by atoms with van der Waals surface area (Å²) in [6, 6.07) is 16.8. The predicted molar refractivity (Wildman–Crippen MR) is 84.5 cm³/mol. The third-order valence-electron chi connectivity index (χ3n) is 3.33. The Morgan fingerprint density at radius 1 is 1.18 bits per heavy atom. The van der Waals surface area contributed by atoms with E-state index in [1.54, 1.807) is 24.3 Å². The second kappa shape index (κ2) is 7.84. The average molecular weight is 294 g/mol. The van der Waals surface area contributed by atoms with Gasteiger partial charge in [-0.15, -0.1) is 0 Å². The van der Waals surface area contributed by atoms with Crippen LogP contribution in [-0.2, 0) is 11.2 Å². The highest BCUT2D eigenvalue weighted by molar-refractivity contribution is 5.77. The van der Waals surface area contributed by atoms with Crippen molar-refractivity contribution in [3.63, 3.8) is 0 Å². The number of carbonyl (C=O) groups is 1. The van der Waals surface area contributed by atoms with Crippen LogP contribution in [0.15, 0.2) is 48.5 Å². The van der Waals surface area contributed by atoms with Gasteiger partial charge in [-0.2, -0.15) is 5.26 Å². The van der Waals surface area contributed by atoms with E-state index in [4.69, 9.17) is 10.00 Å². The molecule has 0 heterocycles. The third-order valence-corrected chi connectivity index (χ3v) is 3.33. The lowest BCUT2D eigenvalue weighted by atomic mass is 10.1. The molecule has 1 amide bonds. The fourth-order valence-corrected chi connectivity index (χ4v) is 2.05. The van der Waals surface area contributed by atoms with Gasteiger partial charge in [-0.1, -0.05) is 24.3 Å². The van der Waals surface area contributed by atoms with Gasteiger partial charge in [0.15, 0.2) is 6.61 Å². The fraction of sp³-hybridized carbons (Fsp3) is 0.222. The number of nitrogens with zero attached hydrogens (tertiary/aromatic N) is 1. The van der Waals surface area contributed by atoms with E-state index in [1.807, 2.05) is 18.2 Å². The SMILES string of the molecule is Cc1ccccc1CCNC(=O)COc1ccc(C#N)cc1. The summed E-state index contributed by atoms with van der Waals surface area (Å²) >= 11 is 0. The van der Waals surface area contributed by atoms with Crippen LogP contribution in [0.5, 0.6) is 5.75 Å². The van der Waals surface area contributed by atoms with Crippen LogP contribution in [0.2, 0.25) is 0 Å². The van der Waals surface area contributed by atoms with Gasteiger partial charge in [0.1, 0.15) is 5.75 Å². The molecular formula is C18H18N2O2. The third kappa shape index (κ3) is 4.64. The first-order valence-corrected chi connectivity index (χ1v) is 7.13. The van der Waals surface area contributed by atoms with Gasteiger partial charge in [-0.05, 0) is 48.7 Å². The van der Waals surface area contributed by atoms with E-state index < -0.39 is 0 Å². The van der Waals surface area contributed by atoms with Crippen molar-refractivity contribution in [3.8, 4) is 11.8 Å². The number of hydrogen-bond acceptors (Lipinski definition) is 3. The number of aryl methyl sites for hydroxylation is 1. The van der Waals surface area contributed by atoms with Crippen molar-refractivity contribution >= 4 is 5.91 Å². The van der Waals surface area contributed by atoms with Gasteiger partial charge in [-0.25, -0.2) is 0 Å². The van der Waals surface area contributed by atoms with Gasteiger partial charge in [0.05, 0.1) is 11.6 Å². The normalized spacial score (nSPS) is 9.82. The molecule has 0 bridgehead atoms. The van der Waals surface area contributed by atoms with E-state index in [1.165, 1.54) is 11.1 Å². The Bertz CT molecular complexity index is 672. The zero-order valence-corrected chi connectivity index (χ0v) is 12.5. The van der Waals surface area contributed by atoms with Gasteiger partial charge < -0.3 is 10.1 Å². The zero-order valence-electron chi connectivity index (χ0n) is 12.5. The molecule has 0 atom stereocenters. The van der Waals surface area contributed by atoms with Crippen molar-refractivity contribution < 1.29 is 9.53 Å². The number of rotatable bonds is 6. The zero-order chi connectivity index (χ0) is 15.8. The van der Waals surface area contributed by atoms with Crippen LogP contribution in [0.4, 0.5) is 0 Å². The van der Waals surface area contributed by atoms with Gasteiger partial charge in [0, 0.05) is 6.54 Å². The van der Waals surface area contributed by atoms with Gasteiger partial charge in [0.25, 0.3) is 5.91 Å². The lowest BCUT2D eigenvalue weighted by molar-refractivity contribution is -0.123. The summed E-state index contributed by atoms with van der Waals surface area (Å²) in [6.07, 6.45) is 0.801. The van der Waals surface area contributed by atoms with Crippen LogP contribution in [-0.4, -0.2) is 19.1 Å². The summed E-state index contributed by atoms with van der Waals surface area (Å²) in [5, 5.41) is 11.5. The number of nitriles is 1. The van der Waals surface area contributed by atoms with Crippen molar-refractivity contribution in [3.05, 3.63) is 65.2 Å². The van der Waals surface area contributed by atoms with Crippen molar-refractivity contribution in [2.24, 2.45) is 0 Å². The highest BCUT2D eigenvalue weighted by Crippen LogP contribution is 2.11. The number of benzene rings is 2. The Balaban J connectivity index is 1.72. The van der Waals surface area contributed by atoms with Crippen molar-refractivity contribution in [1.29, 1.82) is 5.26 Å². The van der Waals surface area contributed by atoms with Crippen LogP contribution >= 0.6 is 0 Å². The molecule has 0 saturated carbocycles. The minimum absolute atomic E-state index is 0.0281. The lowest BCUT2D eigenvalue weighted by Gasteiger charge is -2.09. The molecule has 0 aromatic heterocycles. The molecule has 22 heavy (non-hydrogen) atoms. The second-order valence-electron chi connectivity index (χ2n) is 4.95. The highest BCUT2D eigenvalue weighted by atomic mass is 16.5. The Hall–Kier alpha value is -2.80. The van der Waals surface area contributed by atoms with Crippen LogP contribution in [0.25, 0.3) is 0 Å². The number of amides is 1. The maximum absolute atomic E-state index is 11.7. The predicted octanol–water partition coefficient (Wildman–Crippen LogP) is 2.60. The monoisotopic (exact) mass is 294 g/mol. The van der Waals surface area contributed by atoms with Gasteiger partial charge >= 0.3 is 0 Å². The number of ether oxygens (including phenoxy) is 1. The standard InChI is InChI=1S/C18H18N2O2/c1-14-4-2-3-5-16(14)10-11-20-18(21)13-22-17-8-6-15(12-19)7-9-17/h2-9H,10-11,13H2,1H3,(H,20,21). The van der Waals surface area contributed by atoms with Crippen LogP contribution in [0.3, 0.4) is 0 Å². The van der Waals surface area contributed by atoms with Crippen molar-refractivity contribution in [1.82, 2.24) is 5.32 Å². The minimum atomic E-state index is -0.155. The molecule has 4 nitrogen and oxygen atoms in total. The summed E-state index contributed by atoms with van der Waals surface area (Å²) in [7, 11) is 0. The molecule has 0 spiro atoms. The summed E-state index contributed by atoms with van der Waals surface area (Å²) in [5.74, 6) is 0.422. The molecule has 1 N–H and O–H groups in total. The van der Waals surface area contributed by atoms with Crippen LogP contribution < -0.4 is 10.1 Å². The first-order valence-electron chi connectivity index (χ1n) is 7.13. The van der Waals surface area contributed by atoms with E-state index in [0.717, 1.165) is 6.42 Å². The van der Waals surface area contributed by atoms with Gasteiger partial charge in [-0.3, -0.25) is 4.79 Å². The van der Waals surface area contributed by atoms with Crippen LogP contribution in [0.1, 0.15) is 16.7 Å². The van der Waals surface area contributed by atoms with Crippen molar-refractivity contribution in [2.45, 2.75) is 13.3 Å².